The van der Waals surface area contributed by atoms with E-state index in [1.807, 2.05) is 0 Å². The van der Waals surface area contributed by atoms with Crippen LogP contribution >= 0.6 is 11.3 Å². The van der Waals surface area contributed by atoms with Gasteiger partial charge in [0.25, 0.3) is 5.91 Å². The molecule has 0 fully saturated rings. The molecule has 142 valence electrons. The molecule has 2 N–H and O–H groups in total. The molecule has 1 amide bonds. The van der Waals surface area contributed by atoms with E-state index in [1.165, 1.54) is 12.7 Å². The number of nitrogens with one attached hydrogen (secondary N) is 2. The Morgan fingerprint density at radius 1 is 1.31 bits per heavy atom. The molecule has 0 saturated carbocycles. The zero-order chi connectivity index (χ0) is 19.3. The number of aromatic nitrogens is 1. The average molecular weight is 378 g/mol. The predicted molar refractivity (Wildman–Crippen MR) is 104 cm³/mol. The molecule has 2 aromatic rings. The van der Waals surface area contributed by atoms with E-state index in [1.54, 1.807) is 25.2 Å². The van der Waals surface area contributed by atoms with Crippen LogP contribution < -0.4 is 5.32 Å². The van der Waals surface area contributed by atoms with Crippen molar-refractivity contribution in [3.05, 3.63) is 44.9 Å². The van der Waals surface area contributed by atoms with Crippen molar-refractivity contribution in [2.75, 3.05) is 26.7 Å². The Labute approximate surface area is 158 Å². The lowest BCUT2D eigenvalue weighted by atomic mass is 10.1. The van der Waals surface area contributed by atoms with E-state index in [9.17, 15) is 9.59 Å². The third-order valence-corrected chi connectivity index (χ3v) is 5.39. The minimum atomic E-state index is -0.436. The van der Waals surface area contributed by atoms with Gasteiger partial charge in [0.15, 0.2) is 0 Å². The first kappa shape index (κ1) is 20.2. The SMILES string of the molecule is CCN(CC)C(CNC(=O)c1[nH]c(C)c(C(=O)OC)c1C)c1ccsc1. The molecule has 0 aliphatic heterocycles. The molecule has 0 radical (unpaired) electrons. The van der Waals surface area contributed by atoms with Crippen LogP contribution in [-0.4, -0.2) is 48.5 Å². The molecule has 0 aromatic carbocycles. The van der Waals surface area contributed by atoms with Crippen LogP contribution in [-0.2, 0) is 4.74 Å². The second-order valence-electron chi connectivity index (χ2n) is 6.12. The van der Waals surface area contributed by atoms with Gasteiger partial charge in [-0.25, -0.2) is 4.79 Å². The maximum atomic E-state index is 12.7. The third kappa shape index (κ3) is 4.16. The number of nitrogens with zero attached hydrogens (tertiary/aromatic N) is 1. The molecule has 26 heavy (non-hydrogen) atoms. The molecular formula is C19H27N3O3S. The van der Waals surface area contributed by atoms with Crippen molar-refractivity contribution in [1.82, 2.24) is 15.2 Å². The van der Waals surface area contributed by atoms with Gasteiger partial charge in [-0.1, -0.05) is 13.8 Å². The number of hydrogen-bond donors (Lipinski definition) is 2. The molecular weight excluding hydrogens is 350 g/mol. The Morgan fingerprint density at radius 2 is 2.00 bits per heavy atom. The van der Waals surface area contributed by atoms with E-state index >= 15 is 0 Å². The second-order valence-corrected chi connectivity index (χ2v) is 6.90. The molecule has 0 bridgehead atoms. The molecule has 2 aromatic heterocycles. The average Bonchev–Trinajstić information content (AvgIpc) is 3.26. The van der Waals surface area contributed by atoms with Crippen LogP contribution in [0.25, 0.3) is 0 Å². The lowest BCUT2D eigenvalue weighted by Crippen LogP contribution is -2.38. The van der Waals surface area contributed by atoms with Crippen LogP contribution in [0, 0.1) is 13.8 Å². The zero-order valence-corrected chi connectivity index (χ0v) is 16.8. The molecule has 6 nitrogen and oxygen atoms in total. The molecule has 0 saturated heterocycles. The number of H-pyrrole nitrogens is 1. The number of ether oxygens (including phenoxy) is 1. The number of methoxy groups -OCH3 is 1. The number of carbonyl (C=O) groups excluding carboxylic acids is 2. The highest BCUT2D eigenvalue weighted by Crippen LogP contribution is 2.23. The molecule has 0 aliphatic carbocycles. The first-order chi connectivity index (χ1) is 12.4. The van der Waals surface area contributed by atoms with Gasteiger partial charge >= 0.3 is 5.97 Å². The largest absolute Gasteiger partial charge is 0.465 e. The molecule has 0 aliphatic rings. The van der Waals surface area contributed by atoms with Crippen LogP contribution in [0.15, 0.2) is 16.8 Å². The van der Waals surface area contributed by atoms with Gasteiger partial charge in [0.05, 0.1) is 18.7 Å². The fourth-order valence-electron chi connectivity index (χ4n) is 3.25. The van der Waals surface area contributed by atoms with Gasteiger partial charge in [0, 0.05) is 12.2 Å². The van der Waals surface area contributed by atoms with Crippen LogP contribution in [0.3, 0.4) is 0 Å². The molecule has 1 atom stereocenters. The Kier molecular flexibility index (Phi) is 6.99. The number of aromatic amines is 1. The maximum Gasteiger partial charge on any atom is 0.339 e. The van der Waals surface area contributed by atoms with Crippen LogP contribution in [0.2, 0.25) is 0 Å². The van der Waals surface area contributed by atoms with Gasteiger partial charge in [-0.2, -0.15) is 11.3 Å². The van der Waals surface area contributed by atoms with Gasteiger partial charge in [0.1, 0.15) is 5.69 Å². The molecule has 7 heteroatoms. The predicted octanol–water partition coefficient (Wildman–Crippen LogP) is 3.29. The van der Waals surface area contributed by atoms with Crippen molar-refractivity contribution in [3.8, 4) is 0 Å². The number of aryl methyl sites for hydroxylation is 1. The van der Waals surface area contributed by atoms with Gasteiger partial charge < -0.3 is 15.0 Å². The van der Waals surface area contributed by atoms with Gasteiger partial charge in [-0.15, -0.1) is 0 Å². The summed E-state index contributed by atoms with van der Waals surface area (Å²) in [5.41, 5.74) is 3.29. The van der Waals surface area contributed by atoms with Crippen molar-refractivity contribution >= 4 is 23.2 Å². The quantitative estimate of drug-likeness (QED) is 0.692. The zero-order valence-electron chi connectivity index (χ0n) is 16.0. The number of thiophene rings is 1. The van der Waals surface area contributed by atoms with Gasteiger partial charge in [0.2, 0.25) is 0 Å². The first-order valence-corrected chi connectivity index (χ1v) is 9.70. The third-order valence-electron chi connectivity index (χ3n) is 4.69. The topological polar surface area (TPSA) is 74.4 Å². The summed E-state index contributed by atoms with van der Waals surface area (Å²) in [6.45, 7) is 10.1. The summed E-state index contributed by atoms with van der Waals surface area (Å²) in [5, 5.41) is 7.19. The summed E-state index contributed by atoms with van der Waals surface area (Å²) in [4.78, 5) is 29.9. The Hall–Kier alpha value is -2.12. The number of rotatable bonds is 8. The number of amides is 1. The minimum Gasteiger partial charge on any atom is -0.465 e. The summed E-state index contributed by atoms with van der Waals surface area (Å²) in [7, 11) is 1.34. The Morgan fingerprint density at radius 3 is 2.54 bits per heavy atom. The van der Waals surface area contributed by atoms with Crippen molar-refractivity contribution in [1.29, 1.82) is 0 Å². The van der Waals surface area contributed by atoms with E-state index in [0.717, 1.165) is 13.1 Å². The van der Waals surface area contributed by atoms with E-state index in [0.29, 0.717) is 29.1 Å². The second kappa shape index (κ2) is 9.00. The smallest absolute Gasteiger partial charge is 0.339 e. The number of likely N-dealkylation sites (N-methyl/N-ethyl adjacent to an activating group) is 1. The number of carbonyl (C=O) groups is 2. The first-order valence-electron chi connectivity index (χ1n) is 8.76. The standard InChI is InChI=1S/C19H27N3O3S/c1-6-22(7-2)15(14-8-9-26-11-14)10-20-18(23)17-12(3)16(13(4)21-17)19(24)25-5/h8-9,11,15,21H,6-7,10H2,1-5H3,(H,20,23). The van der Waals surface area contributed by atoms with Crippen molar-refractivity contribution in [2.24, 2.45) is 0 Å². The van der Waals surface area contributed by atoms with Crippen LogP contribution in [0.1, 0.15) is 57.6 Å². The lowest BCUT2D eigenvalue weighted by molar-refractivity contribution is 0.0599. The van der Waals surface area contributed by atoms with Gasteiger partial charge in [-0.3, -0.25) is 9.69 Å². The van der Waals surface area contributed by atoms with E-state index in [-0.39, 0.29) is 11.9 Å². The maximum absolute atomic E-state index is 12.7. The van der Waals surface area contributed by atoms with Crippen LogP contribution in [0.4, 0.5) is 0 Å². The highest BCUT2D eigenvalue weighted by Gasteiger charge is 2.24. The van der Waals surface area contributed by atoms with Crippen molar-refractivity contribution < 1.29 is 14.3 Å². The Bertz CT molecular complexity index is 748. The summed E-state index contributed by atoms with van der Waals surface area (Å²) in [6, 6.07) is 2.22. The molecule has 1 unspecified atom stereocenters. The monoisotopic (exact) mass is 377 g/mol. The lowest BCUT2D eigenvalue weighted by Gasteiger charge is -2.29. The fourth-order valence-corrected chi connectivity index (χ4v) is 3.96. The van der Waals surface area contributed by atoms with Crippen LogP contribution in [0.5, 0.6) is 0 Å². The highest BCUT2D eigenvalue weighted by atomic mass is 32.1. The van der Waals surface area contributed by atoms with Gasteiger partial charge in [-0.05, 0) is 54.9 Å². The molecule has 2 heterocycles. The minimum absolute atomic E-state index is 0.122. The summed E-state index contributed by atoms with van der Waals surface area (Å²) < 4.78 is 4.80. The number of hydrogen-bond acceptors (Lipinski definition) is 5. The Balaban J connectivity index is 2.17. The molecule has 2 rings (SSSR count). The van der Waals surface area contributed by atoms with Crippen molar-refractivity contribution in [3.63, 3.8) is 0 Å². The molecule has 0 spiro atoms. The number of esters is 1. The summed E-state index contributed by atoms with van der Waals surface area (Å²) in [5.74, 6) is -0.650. The summed E-state index contributed by atoms with van der Waals surface area (Å²) in [6.07, 6.45) is 0. The normalized spacial score (nSPS) is 12.2. The van der Waals surface area contributed by atoms with Crippen molar-refractivity contribution in [2.45, 2.75) is 33.7 Å². The van der Waals surface area contributed by atoms with E-state index in [2.05, 4.69) is 45.9 Å². The highest BCUT2D eigenvalue weighted by molar-refractivity contribution is 7.07. The summed E-state index contributed by atoms with van der Waals surface area (Å²) >= 11 is 1.65. The van der Waals surface area contributed by atoms with E-state index < -0.39 is 5.97 Å². The fraction of sp³-hybridized carbons (Fsp3) is 0.474. The van der Waals surface area contributed by atoms with E-state index in [4.69, 9.17) is 4.74 Å².